The lowest BCUT2D eigenvalue weighted by Crippen LogP contribution is -2.37. The Balaban J connectivity index is 2.29. The number of nitrogens with one attached hydrogen (secondary N) is 1. The average Bonchev–Trinajstić information content (AvgIpc) is 2.38. The van der Waals surface area contributed by atoms with Gasteiger partial charge in [0.25, 0.3) is 0 Å². The molecule has 5 nitrogen and oxygen atoms in total. The van der Waals surface area contributed by atoms with Gasteiger partial charge in [-0.05, 0) is 25.2 Å². The highest BCUT2D eigenvalue weighted by Crippen LogP contribution is 2.30. The fourth-order valence-corrected chi connectivity index (χ4v) is 3.92. The monoisotopic (exact) mass is 301 g/mol. The second kappa shape index (κ2) is 5.60. The quantitative estimate of drug-likeness (QED) is 0.818. The van der Waals surface area contributed by atoms with E-state index in [2.05, 4.69) is 16.5 Å². The summed E-state index contributed by atoms with van der Waals surface area (Å²) in [7, 11) is -2.04. The Morgan fingerprint density at radius 1 is 1.47 bits per heavy atom. The van der Waals surface area contributed by atoms with Gasteiger partial charge in [0.2, 0.25) is 10.0 Å². The van der Waals surface area contributed by atoms with Crippen molar-refractivity contribution in [3.63, 3.8) is 0 Å². The van der Waals surface area contributed by atoms with Gasteiger partial charge in [0.1, 0.15) is 0 Å². The molecule has 0 aliphatic carbocycles. The lowest BCUT2D eigenvalue weighted by atomic mass is 10.2. The number of rotatable bonds is 3. The summed E-state index contributed by atoms with van der Waals surface area (Å²) in [6.07, 6.45) is 0. The number of nitrogens with zero attached hydrogens (tertiary/aromatic N) is 1. The molecule has 3 N–H and O–H groups in total. The van der Waals surface area contributed by atoms with Crippen molar-refractivity contribution in [1.82, 2.24) is 4.72 Å². The van der Waals surface area contributed by atoms with Crippen LogP contribution in [0, 0.1) is 0 Å². The van der Waals surface area contributed by atoms with Crippen LogP contribution < -0.4 is 15.4 Å². The molecule has 1 aliphatic heterocycles. The van der Waals surface area contributed by atoms with Gasteiger partial charge in [-0.1, -0.05) is 6.92 Å². The minimum Gasteiger partial charge on any atom is -0.397 e. The highest BCUT2D eigenvalue weighted by Gasteiger charge is 2.20. The first-order chi connectivity index (χ1) is 8.94. The lowest BCUT2D eigenvalue weighted by molar-refractivity contribution is 0.588. The van der Waals surface area contributed by atoms with Crippen molar-refractivity contribution in [2.75, 3.05) is 36.5 Å². The number of hydrogen-bond acceptors (Lipinski definition) is 5. The summed E-state index contributed by atoms with van der Waals surface area (Å²) in [6, 6.07) is 4.92. The van der Waals surface area contributed by atoms with E-state index in [0.29, 0.717) is 10.9 Å². The number of benzene rings is 1. The minimum absolute atomic E-state index is 0.204. The van der Waals surface area contributed by atoms with Crippen LogP contribution in [0.4, 0.5) is 11.4 Å². The molecule has 0 bridgehead atoms. The Kier molecular flexibility index (Phi) is 4.27. The molecule has 0 radical (unpaired) electrons. The van der Waals surface area contributed by atoms with E-state index in [4.69, 9.17) is 5.73 Å². The van der Waals surface area contributed by atoms with Gasteiger partial charge in [0, 0.05) is 24.1 Å². The maximum atomic E-state index is 11.7. The Morgan fingerprint density at radius 2 is 2.21 bits per heavy atom. The van der Waals surface area contributed by atoms with Crippen LogP contribution in [0.25, 0.3) is 0 Å². The van der Waals surface area contributed by atoms with E-state index in [-0.39, 0.29) is 4.90 Å². The molecule has 7 heteroatoms. The third kappa shape index (κ3) is 3.16. The average molecular weight is 301 g/mol. The topological polar surface area (TPSA) is 75.4 Å². The van der Waals surface area contributed by atoms with Gasteiger partial charge >= 0.3 is 0 Å². The van der Waals surface area contributed by atoms with Gasteiger partial charge in [-0.2, -0.15) is 11.8 Å². The van der Waals surface area contributed by atoms with Gasteiger partial charge in [-0.3, -0.25) is 0 Å². The Labute approximate surface area is 118 Å². The summed E-state index contributed by atoms with van der Waals surface area (Å²) in [5.41, 5.74) is 7.44. The van der Waals surface area contributed by atoms with E-state index in [9.17, 15) is 8.42 Å². The maximum Gasteiger partial charge on any atom is 0.240 e. The molecule has 1 aliphatic rings. The van der Waals surface area contributed by atoms with E-state index in [1.165, 1.54) is 13.1 Å². The molecule has 2 rings (SSSR count). The second-order valence-electron chi connectivity index (χ2n) is 4.56. The van der Waals surface area contributed by atoms with Gasteiger partial charge < -0.3 is 10.6 Å². The number of anilines is 2. The fraction of sp³-hybridized carbons (Fsp3) is 0.500. The highest BCUT2D eigenvalue weighted by atomic mass is 32.2. The minimum atomic E-state index is -3.43. The van der Waals surface area contributed by atoms with Crippen LogP contribution in [-0.2, 0) is 10.0 Å². The molecule has 1 fully saturated rings. The van der Waals surface area contributed by atoms with Crippen LogP contribution in [0.2, 0.25) is 0 Å². The molecule has 0 spiro atoms. The Hall–Kier alpha value is -0.920. The standard InChI is InChI=1S/C12H19N3O2S2/c1-9-8-15(5-6-18-9)12-4-3-10(7-11(12)13)19(16,17)14-2/h3-4,7,9,14H,5-6,8,13H2,1-2H3. The molecular formula is C12H19N3O2S2. The molecule has 1 saturated heterocycles. The molecule has 1 heterocycles. The predicted octanol–water partition coefficient (Wildman–Crippen LogP) is 1.12. The fourth-order valence-electron chi connectivity index (χ4n) is 2.14. The van der Waals surface area contributed by atoms with E-state index < -0.39 is 10.0 Å². The van der Waals surface area contributed by atoms with Crippen molar-refractivity contribution in [2.45, 2.75) is 17.1 Å². The van der Waals surface area contributed by atoms with E-state index >= 15 is 0 Å². The third-order valence-corrected chi connectivity index (χ3v) is 5.71. The summed E-state index contributed by atoms with van der Waals surface area (Å²) in [5.74, 6) is 1.07. The normalized spacial score (nSPS) is 20.5. The molecule has 19 heavy (non-hydrogen) atoms. The van der Waals surface area contributed by atoms with Crippen LogP contribution in [-0.4, -0.2) is 39.6 Å². The van der Waals surface area contributed by atoms with Gasteiger partial charge in [-0.25, -0.2) is 13.1 Å². The third-order valence-electron chi connectivity index (χ3n) is 3.16. The number of nitrogen functional groups attached to an aromatic ring is 1. The highest BCUT2D eigenvalue weighted by molar-refractivity contribution is 8.00. The van der Waals surface area contributed by atoms with E-state index in [0.717, 1.165) is 24.5 Å². The van der Waals surface area contributed by atoms with Crippen molar-refractivity contribution in [3.8, 4) is 0 Å². The van der Waals surface area contributed by atoms with Crippen molar-refractivity contribution in [3.05, 3.63) is 18.2 Å². The maximum absolute atomic E-state index is 11.7. The molecule has 1 aromatic rings. The van der Waals surface area contributed by atoms with Crippen LogP contribution >= 0.6 is 11.8 Å². The smallest absolute Gasteiger partial charge is 0.240 e. The van der Waals surface area contributed by atoms with E-state index in [1.54, 1.807) is 12.1 Å². The first-order valence-corrected chi connectivity index (χ1v) is 8.67. The molecule has 1 aromatic carbocycles. The van der Waals surface area contributed by atoms with Crippen molar-refractivity contribution < 1.29 is 8.42 Å². The number of sulfonamides is 1. The Bertz CT molecular complexity index is 560. The zero-order chi connectivity index (χ0) is 14.0. The molecule has 1 unspecified atom stereocenters. The lowest BCUT2D eigenvalue weighted by Gasteiger charge is -2.33. The summed E-state index contributed by atoms with van der Waals surface area (Å²) < 4.78 is 25.7. The molecule has 1 atom stereocenters. The van der Waals surface area contributed by atoms with Crippen LogP contribution in [0.1, 0.15) is 6.92 Å². The van der Waals surface area contributed by atoms with Crippen LogP contribution in [0.3, 0.4) is 0 Å². The SMILES string of the molecule is CNS(=O)(=O)c1ccc(N2CCSC(C)C2)c(N)c1. The summed E-state index contributed by atoms with van der Waals surface area (Å²) in [5, 5.41) is 0.564. The number of thioether (sulfide) groups is 1. The summed E-state index contributed by atoms with van der Waals surface area (Å²) >= 11 is 1.94. The number of hydrogen-bond donors (Lipinski definition) is 2. The largest absolute Gasteiger partial charge is 0.397 e. The number of nitrogens with two attached hydrogens (primary N) is 1. The second-order valence-corrected chi connectivity index (χ2v) is 7.99. The van der Waals surface area contributed by atoms with E-state index in [1.807, 2.05) is 11.8 Å². The predicted molar refractivity (Wildman–Crippen MR) is 81.2 cm³/mol. The summed E-state index contributed by atoms with van der Waals surface area (Å²) in [4.78, 5) is 2.42. The molecule has 0 amide bonds. The van der Waals surface area contributed by atoms with Crippen LogP contribution in [0.5, 0.6) is 0 Å². The summed E-state index contributed by atoms with van der Waals surface area (Å²) in [6.45, 7) is 4.07. The molecule has 106 valence electrons. The first kappa shape index (κ1) is 14.5. The van der Waals surface area contributed by atoms with Crippen molar-refractivity contribution in [2.24, 2.45) is 0 Å². The van der Waals surface area contributed by atoms with Gasteiger partial charge in [0.05, 0.1) is 16.3 Å². The molecule has 0 aromatic heterocycles. The zero-order valence-electron chi connectivity index (χ0n) is 11.1. The van der Waals surface area contributed by atoms with Crippen LogP contribution in [0.15, 0.2) is 23.1 Å². The van der Waals surface area contributed by atoms with Gasteiger partial charge in [0.15, 0.2) is 0 Å². The first-order valence-electron chi connectivity index (χ1n) is 6.13. The molecular weight excluding hydrogens is 282 g/mol. The van der Waals surface area contributed by atoms with Crippen molar-refractivity contribution in [1.29, 1.82) is 0 Å². The van der Waals surface area contributed by atoms with Crippen molar-refractivity contribution >= 4 is 33.2 Å². The Morgan fingerprint density at radius 3 is 2.79 bits per heavy atom. The zero-order valence-corrected chi connectivity index (χ0v) is 12.7. The molecule has 0 saturated carbocycles. The van der Waals surface area contributed by atoms with Gasteiger partial charge in [-0.15, -0.1) is 0 Å².